The van der Waals surface area contributed by atoms with Crippen molar-refractivity contribution in [1.82, 2.24) is 9.55 Å². The van der Waals surface area contributed by atoms with Crippen molar-refractivity contribution in [2.75, 3.05) is 0 Å². The minimum atomic E-state index is 0.108. The van der Waals surface area contributed by atoms with Crippen molar-refractivity contribution < 1.29 is 5.11 Å². The number of aromatic hydroxyl groups is 1. The van der Waals surface area contributed by atoms with Crippen LogP contribution in [0.25, 0.3) is 22.4 Å². The molecule has 1 N–H and O–H groups in total. The summed E-state index contributed by atoms with van der Waals surface area (Å²) in [5, 5.41) is 11.1. The fourth-order valence-electron chi connectivity index (χ4n) is 2.10. The summed E-state index contributed by atoms with van der Waals surface area (Å²) in [6.07, 6.45) is 0. The molecule has 0 radical (unpaired) electrons. The van der Waals surface area contributed by atoms with E-state index < -0.39 is 0 Å². The molecule has 0 saturated carbocycles. The number of hydrogen-bond donors (Lipinski definition) is 1. The Morgan fingerprint density at radius 1 is 1.05 bits per heavy atom. The molecule has 0 bridgehead atoms. The molecule has 0 unspecified atom stereocenters. The number of fused-ring (bicyclic) bond motifs is 1. The Labute approximate surface area is 120 Å². The van der Waals surface area contributed by atoms with Crippen LogP contribution >= 0.6 is 23.2 Å². The van der Waals surface area contributed by atoms with Gasteiger partial charge in [-0.1, -0.05) is 23.2 Å². The standard InChI is InChI=1S/C14H10Cl2N2O/c1-18-12-6-8(15)3-5-11(12)17-14(18)10-4-2-9(16)7-13(10)19/h2-7,19H,1H3. The molecule has 19 heavy (non-hydrogen) atoms. The van der Waals surface area contributed by atoms with Crippen LogP contribution < -0.4 is 0 Å². The van der Waals surface area contributed by atoms with Crippen molar-refractivity contribution >= 4 is 34.2 Å². The number of imidazole rings is 1. The lowest BCUT2D eigenvalue weighted by atomic mass is 10.2. The lowest BCUT2D eigenvalue weighted by molar-refractivity contribution is 0.476. The molecule has 1 heterocycles. The molecule has 96 valence electrons. The van der Waals surface area contributed by atoms with E-state index in [4.69, 9.17) is 23.2 Å². The Morgan fingerprint density at radius 3 is 2.47 bits per heavy atom. The van der Waals surface area contributed by atoms with Gasteiger partial charge in [0.05, 0.1) is 16.6 Å². The predicted octanol–water partition coefficient (Wildman–Crippen LogP) is 4.25. The van der Waals surface area contributed by atoms with Crippen LogP contribution in [-0.2, 0) is 7.05 Å². The third kappa shape index (κ3) is 2.05. The number of phenols is 1. The predicted molar refractivity (Wildman–Crippen MR) is 77.8 cm³/mol. The van der Waals surface area contributed by atoms with Crippen molar-refractivity contribution in [3.63, 3.8) is 0 Å². The van der Waals surface area contributed by atoms with Gasteiger partial charge in [0.2, 0.25) is 0 Å². The number of hydrogen-bond acceptors (Lipinski definition) is 2. The number of aromatic nitrogens is 2. The molecular weight excluding hydrogens is 283 g/mol. The minimum Gasteiger partial charge on any atom is -0.507 e. The molecule has 0 atom stereocenters. The van der Waals surface area contributed by atoms with E-state index in [0.717, 1.165) is 11.0 Å². The molecule has 2 aromatic carbocycles. The lowest BCUT2D eigenvalue weighted by Crippen LogP contribution is -1.92. The van der Waals surface area contributed by atoms with E-state index in [9.17, 15) is 5.11 Å². The molecule has 0 amide bonds. The first kappa shape index (κ1) is 12.3. The van der Waals surface area contributed by atoms with Crippen LogP contribution in [0.1, 0.15) is 0 Å². The van der Waals surface area contributed by atoms with Crippen LogP contribution in [0.5, 0.6) is 5.75 Å². The van der Waals surface area contributed by atoms with E-state index >= 15 is 0 Å². The van der Waals surface area contributed by atoms with Gasteiger partial charge in [0, 0.05) is 17.1 Å². The number of rotatable bonds is 1. The van der Waals surface area contributed by atoms with Crippen LogP contribution in [0.15, 0.2) is 36.4 Å². The minimum absolute atomic E-state index is 0.108. The van der Waals surface area contributed by atoms with E-state index in [-0.39, 0.29) is 5.75 Å². The van der Waals surface area contributed by atoms with Gasteiger partial charge in [0.15, 0.2) is 0 Å². The van der Waals surface area contributed by atoms with Gasteiger partial charge in [-0.3, -0.25) is 0 Å². The summed E-state index contributed by atoms with van der Waals surface area (Å²) in [5.74, 6) is 0.781. The van der Waals surface area contributed by atoms with Gasteiger partial charge in [-0.05, 0) is 36.4 Å². The van der Waals surface area contributed by atoms with Gasteiger partial charge < -0.3 is 9.67 Å². The highest BCUT2D eigenvalue weighted by Crippen LogP contribution is 2.33. The van der Waals surface area contributed by atoms with Crippen LogP contribution in [0.3, 0.4) is 0 Å². The number of nitrogens with zero attached hydrogens (tertiary/aromatic N) is 2. The molecule has 3 aromatic rings. The van der Waals surface area contributed by atoms with Gasteiger partial charge in [0.1, 0.15) is 11.6 Å². The highest BCUT2D eigenvalue weighted by Gasteiger charge is 2.13. The van der Waals surface area contributed by atoms with Crippen molar-refractivity contribution in [3.05, 3.63) is 46.4 Å². The molecular formula is C14H10Cl2N2O. The summed E-state index contributed by atoms with van der Waals surface area (Å²) >= 11 is 11.8. The SMILES string of the molecule is Cn1c(-c2ccc(Cl)cc2O)nc2ccc(Cl)cc21. The van der Waals surface area contributed by atoms with Crippen LogP contribution in [0.2, 0.25) is 10.0 Å². The largest absolute Gasteiger partial charge is 0.507 e. The summed E-state index contributed by atoms with van der Waals surface area (Å²) in [6.45, 7) is 0. The normalized spacial score (nSPS) is 11.1. The Bertz CT molecular complexity index is 780. The van der Waals surface area contributed by atoms with Gasteiger partial charge in [0.25, 0.3) is 0 Å². The zero-order chi connectivity index (χ0) is 13.6. The Hall–Kier alpha value is -1.71. The first-order chi connectivity index (χ1) is 9.06. The maximum atomic E-state index is 9.99. The zero-order valence-electron chi connectivity index (χ0n) is 10.1. The smallest absolute Gasteiger partial charge is 0.144 e. The Morgan fingerprint density at radius 2 is 1.74 bits per heavy atom. The zero-order valence-corrected chi connectivity index (χ0v) is 11.6. The molecule has 0 fully saturated rings. The number of halogens is 2. The summed E-state index contributed by atoms with van der Waals surface area (Å²) in [7, 11) is 1.88. The molecule has 5 heteroatoms. The Kier molecular flexibility index (Phi) is 2.88. The molecule has 0 aliphatic rings. The molecule has 0 aliphatic heterocycles. The summed E-state index contributed by atoms with van der Waals surface area (Å²) in [4.78, 5) is 4.52. The third-order valence-corrected chi connectivity index (χ3v) is 3.51. The monoisotopic (exact) mass is 292 g/mol. The van der Waals surface area contributed by atoms with Crippen molar-refractivity contribution in [2.24, 2.45) is 7.05 Å². The fourth-order valence-corrected chi connectivity index (χ4v) is 2.43. The molecule has 0 spiro atoms. The lowest BCUT2D eigenvalue weighted by Gasteiger charge is -2.05. The molecule has 3 rings (SSSR count). The van der Waals surface area contributed by atoms with Crippen LogP contribution in [0, 0.1) is 0 Å². The maximum absolute atomic E-state index is 9.99. The average molecular weight is 293 g/mol. The van der Waals surface area contributed by atoms with E-state index in [1.165, 1.54) is 6.07 Å². The van der Waals surface area contributed by atoms with Gasteiger partial charge in [-0.2, -0.15) is 0 Å². The average Bonchev–Trinajstić information content (AvgIpc) is 2.67. The second-order valence-corrected chi connectivity index (χ2v) is 5.16. The highest BCUT2D eigenvalue weighted by atomic mass is 35.5. The van der Waals surface area contributed by atoms with Crippen molar-refractivity contribution in [2.45, 2.75) is 0 Å². The van der Waals surface area contributed by atoms with Gasteiger partial charge in [-0.15, -0.1) is 0 Å². The Balaban J connectivity index is 2.28. The van der Waals surface area contributed by atoms with E-state index in [1.807, 2.05) is 23.7 Å². The van der Waals surface area contributed by atoms with E-state index in [0.29, 0.717) is 21.4 Å². The summed E-state index contributed by atoms with van der Waals surface area (Å²) < 4.78 is 1.89. The molecule has 0 aliphatic carbocycles. The topological polar surface area (TPSA) is 38.0 Å². The maximum Gasteiger partial charge on any atom is 0.144 e. The van der Waals surface area contributed by atoms with E-state index in [2.05, 4.69) is 4.98 Å². The number of benzene rings is 2. The fraction of sp³-hybridized carbons (Fsp3) is 0.0714. The molecule has 3 nitrogen and oxygen atoms in total. The second kappa shape index (κ2) is 4.44. The van der Waals surface area contributed by atoms with Crippen molar-refractivity contribution in [3.8, 4) is 17.1 Å². The number of aryl methyl sites for hydroxylation is 1. The molecule has 1 aromatic heterocycles. The molecule has 0 saturated heterocycles. The number of phenolic OH excluding ortho intramolecular Hbond substituents is 1. The first-order valence-corrected chi connectivity index (χ1v) is 6.43. The second-order valence-electron chi connectivity index (χ2n) is 4.29. The third-order valence-electron chi connectivity index (χ3n) is 3.04. The first-order valence-electron chi connectivity index (χ1n) is 5.67. The van der Waals surface area contributed by atoms with Crippen LogP contribution in [-0.4, -0.2) is 14.7 Å². The quantitative estimate of drug-likeness (QED) is 0.728. The van der Waals surface area contributed by atoms with Crippen molar-refractivity contribution in [1.29, 1.82) is 0 Å². The van der Waals surface area contributed by atoms with Crippen LogP contribution in [0.4, 0.5) is 0 Å². The van der Waals surface area contributed by atoms with Gasteiger partial charge in [-0.25, -0.2) is 4.98 Å². The highest BCUT2D eigenvalue weighted by molar-refractivity contribution is 6.31. The van der Waals surface area contributed by atoms with E-state index in [1.54, 1.807) is 18.2 Å². The van der Waals surface area contributed by atoms with Gasteiger partial charge >= 0.3 is 0 Å². The summed E-state index contributed by atoms with van der Waals surface area (Å²) in [5.41, 5.74) is 2.38. The summed E-state index contributed by atoms with van der Waals surface area (Å²) in [6, 6.07) is 10.5.